The molecule has 0 unspecified atom stereocenters. The van der Waals surface area contributed by atoms with Crippen molar-refractivity contribution < 1.29 is 15.0 Å². The van der Waals surface area contributed by atoms with Crippen molar-refractivity contribution in [3.8, 4) is 0 Å². The number of carboxylic acids is 1. The van der Waals surface area contributed by atoms with Crippen LogP contribution in [0.15, 0.2) is 24.3 Å². The molecule has 0 radical (unpaired) electrons. The van der Waals surface area contributed by atoms with E-state index in [1.54, 1.807) is 6.92 Å². The molecule has 0 saturated carbocycles. The van der Waals surface area contributed by atoms with Crippen molar-refractivity contribution in [3.05, 3.63) is 35.4 Å². The monoisotopic (exact) mass is 308 g/mol. The standard InChI is InChI=1S/C16H26O.C3H6O2/c1-2-3-4-5-6-7-8-10-15-11-9-12-16(13-15)14-17;1-2-3(4)5/h9,11-13,17H,2-8,10,14H2,1H3;2H2,1H3,(H,4,5). The molecule has 1 aromatic rings. The number of benzene rings is 1. The van der Waals surface area contributed by atoms with Gasteiger partial charge in [0.1, 0.15) is 0 Å². The molecule has 126 valence electrons. The zero-order chi connectivity index (χ0) is 16.6. The lowest BCUT2D eigenvalue weighted by Crippen LogP contribution is -1.89. The molecule has 0 aliphatic rings. The Balaban J connectivity index is 0.000000763. The first kappa shape index (κ1) is 20.6. The number of aliphatic hydroxyl groups is 1. The Bertz CT molecular complexity index is 388. The number of aryl methyl sites for hydroxylation is 1. The number of rotatable bonds is 10. The molecule has 0 aliphatic carbocycles. The van der Waals surface area contributed by atoms with Gasteiger partial charge in [-0.05, 0) is 24.0 Å². The normalized spacial score (nSPS) is 9.95. The highest BCUT2D eigenvalue weighted by Crippen LogP contribution is 2.12. The van der Waals surface area contributed by atoms with Gasteiger partial charge in [0.05, 0.1) is 6.61 Å². The van der Waals surface area contributed by atoms with Gasteiger partial charge in [0.25, 0.3) is 0 Å². The second-order valence-corrected chi connectivity index (χ2v) is 5.60. The van der Waals surface area contributed by atoms with Crippen LogP contribution in [0.2, 0.25) is 0 Å². The van der Waals surface area contributed by atoms with E-state index in [9.17, 15) is 4.79 Å². The van der Waals surface area contributed by atoms with Crippen LogP contribution >= 0.6 is 0 Å². The van der Waals surface area contributed by atoms with E-state index in [1.165, 1.54) is 50.5 Å². The van der Waals surface area contributed by atoms with Crippen LogP contribution in [0.3, 0.4) is 0 Å². The molecule has 0 heterocycles. The third-order valence-corrected chi connectivity index (χ3v) is 3.55. The zero-order valence-electron chi connectivity index (χ0n) is 14.2. The maximum Gasteiger partial charge on any atom is 0.303 e. The minimum atomic E-state index is -0.745. The molecule has 0 amide bonds. The van der Waals surface area contributed by atoms with E-state index in [0.29, 0.717) is 0 Å². The molecule has 1 rings (SSSR count). The SMILES string of the molecule is CCC(=O)O.CCCCCCCCCc1cccc(CO)c1. The molecule has 0 bridgehead atoms. The Morgan fingerprint density at radius 3 is 2.05 bits per heavy atom. The number of carbonyl (C=O) groups is 1. The fraction of sp³-hybridized carbons (Fsp3) is 0.632. The van der Waals surface area contributed by atoms with Crippen LogP contribution in [0.4, 0.5) is 0 Å². The number of hydrogen-bond acceptors (Lipinski definition) is 2. The second kappa shape index (κ2) is 14.6. The summed E-state index contributed by atoms with van der Waals surface area (Å²) in [6.07, 6.45) is 10.9. The zero-order valence-corrected chi connectivity index (χ0v) is 14.2. The number of hydrogen-bond donors (Lipinski definition) is 2. The van der Waals surface area contributed by atoms with Crippen LogP contribution in [0, 0.1) is 0 Å². The molecular formula is C19H32O3. The number of aliphatic carboxylic acids is 1. The van der Waals surface area contributed by atoms with E-state index in [4.69, 9.17) is 10.2 Å². The average Bonchev–Trinajstić information content (AvgIpc) is 2.54. The molecule has 0 aromatic heterocycles. The summed E-state index contributed by atoms with van der Waals surface area (Å²) < 4.78 is 0. The summed E-state index contributed by atoms with van der Waals surface area (Å²) in [6.45, 7) is 4.02. The molecular weight excluding hydrogens is 276 g/mol. The molecule has 3 heteroatoms. The van der Waals surface area contributed by atoms with Crippen LogP contribution in [-0.4, -0.2) is 16.2 Å². The van der Waals surface area contributed by atoms with Gasteiger partial charge in [0.2, 0.25) is 0 Å². The van der Waals surface area contributed by atoms with Gasteiger partial charge in [-0.25, -0.2) is 0 Å². The molecule has 3 nitrogen and oxygen atoms in total. The molecule has 2 N–H and O–H groups in total. The first-order valence-corrected chi connectivity index (χ1v) is 8.54. The van der Waals surface area contributed by atoms with Crippen LogP contribution in [0.1, 0.15) is 76.3 Å². The van der Waals surface area contributed by atoms with Crippen molar-refractivity contribution in [2.75, 3.05) is 0 Å². The summed E-state index contributed by atoms with van der Waals surface area (Å²) in [5.41, 5.74) is 2.40. The average molecular weight is 308 g/mol. The first-order chi connectivity index (χ1) is 10.6. The predicted molar refractivity (Wildman–Crippen MR) is 92.0 cm³/mol. The maximum absolute atomic E-state index is 9.37. The Labute approximate surface area is 135 Å². The third-order valence-electron chi connectivity index (χ3n) is 3.55. The number of carboxylic acid groups (broad SMARTS) is 1. The van der Waals surface area contributed by atoms with Crippen molar-refractivity contribution in [3.63, 3.8) is 0 Å². The fourth-order valence-electron chi connectivity index (χ4n) is 2.17. The molecule has 0 atom stereocenters. The van der Waals surface area contributed by atoms with Gasteiger partial charge in [-0.3, -0.25) is 4.79 Å². The Morgan fingerprint density at radius 2 is 1.50 bits per heavy atom. The number of aliphatic hydroxyl groups excluding tert-OH is 1. The second-order valence-electron chi connectivity index (χ2n) is 5.60. The molecule has 0 spiro atoms. The highest BCUT2D eigenvalue weighted by atomic mass is 16.4. The summed E-state index contributed by atoms with van der Waals surface area (Å²) in [7, 11) is 0. The molecule has 0 fully saturated rings. The van der Waals surface area contributed by atoms with E-state index in [0.717, 1.165) is 12.0 Å². The van der Waals surface area contributed by atoms with Gasteiger partial charge < -0.3 is 10.2 Å². The van der Waals surface area contributed by atoms with Crippen LogP contribution in [0.5, 0.6) is 0 Å². The van der Waals surface area contributed by atoms with E-state index >= 15 is 0 Å². The van der Waals surface area contributed by atoms with Crippen molar-refractivity contribution in [1.29, 1.82) is 0 Å². The van der Waals surface area contributed by atoms with Crippen molar-refractivity contribution in [2.24, 2.45) is 0 Å². The summed E-state index contributed by atoms with van der Waals surface area (Å²) >= 11 is 0. The largest absolute Gasteiger partial charge is 0.481 e. The highest BCUT2D eigenvalue weighted by molar-refractivity contribution is 5.66. The first-order valence-electron chi connectivity index (χ1n) is 8.54. The van der Waals surface area contributed by atoms with E-state index in [-0.39, 0.29) is 13.0 Å². The minimum Gasteiger partial charge on any atom is -0.481 e. The van der Waals surface area contributed by atoms with E-state index in [1.807, 2.05) is 12.1 Å². The molecule has 22 heavy (non-hydrogen) atoms. The van der Waals surface area contributed by atoms with Crippen molar-refractivity contribution >= 4 is 5.97 Å². The van der Waals surface area contributed by atoms with Crippen LogP contribution in [-0.2, 0) is 17.8 Å². The van der Waals surface area contributed by atoms with E-state index in [2.05, 4.69) is 19.1 Å². The Kier molecular flexibility index (Phi) is 13.7. The summed E-state index contributed by atoms with van der Waals surface area (Å²) in [5, 5.41) is 16.8. The van der Waals surface area contributed by atoms with Crippen molar-refractivity contribution in [1.82, 2.24) is 0 Å². The van der Waals surface area contributed by atoms with Gasteiger partial charge in [-0.1, -0.05) is 76.6 Å². The summed E-state index contributed by atoms with van der Waals surface area (Å²) in [4.78, 5) is 9.37. The predicted octanol–water partition coefficient (Wildman–Crippen LogP) is 4.95. The van der Waals surface area contributed by atoms with Crippen molar-refractivity contribution in [2.45, 2.75) is 78.2 Å². The highest BCUT2D eigenvalue weighted by Gasteiger charge is 1.96. The molecule has 1 aromatic carbocycles. The topological polar surface area (TPSA) is 57.5 Å². The quantitative estimate of drug-likeness (QED) is 0.601. The molecule has 0 saturated heterocycles. The summed E-state index contributed by atoms with van der Waals surface area (Å²) in [5.74, 6) is -0.745. The lowest BCUT2D eigenvalue weighted by molar-refractivity contribution is -0.136. The fourth-order valence-corrected chi connectivity index (χ4v) is 2.17. The Hall–Kier alpha value is -1.35. The van der Waals surface area contributed by atoms with Gasteiger partial charge >= 0.3 is 5.97 Å². The van der Waals surface area contributed by atoms with Gasteiger partial charge in [0.15, 0.2) is 0 Å². The smallest absolute Gasteiger partial charge is 0.303 e. The Morgan fingerprint density at radius 1 is 0.955 bits per heavy atom. The lowest BCUT2D eigenvalue weighted by Gasteiger charge is -2.04. The third kappa shape index (κ3) is 12.4. The van der Waals surface area contributed by atoms with Gasteiger partial charge in [-0.2, -0.15) is 0 Å². The lowest BCUT2D eigenvalue weighted by atomic mass is 10.0. The van der Waals surface area contributed by atoms with Gasteiger partial charge in [-0.15, -0.1) is 0 Å². The van der Waals surface area contributed by atoms with E-state index < -0.39 is 5.97 Å². The van der Waals surface area contributed by atoms with Gasteiger partial charge in [0, 0.05) is 6.42 Å². The summed E-state index contributed by atoms with van der Waals surface area (Å²) in [6, 6.07) is 8.31. The maximum atomic E-state index is 9.37. The number of unbranched alkanes of at least 4 members (excludes halogenated alkanes) is 6. The molecule has 0 aliphatic heterocycles. The minimum absolute atomic E-state index is 0.158. The van der Waals surface area contributed by atoms with Crippen LogP contribution < -0.4 is 0 Å². The van der Waals surface area contributed by atoms with Crippen LogP contribution in [0.25, 0.3) is 0 Å².